The summed E-state index contributed by atoms with van der Waals surface area (Å²) in [5, 5.41) is 0. The van der Waals surface area contributed by atoms with Gasteiger partial charge in [-0.25, -0.2) is 4.39 Å². The molecule has 102 valence electrons. The third-order valence-electron chi connectivity index (χ3n) is 3.36. The number of anilines is 1. The number of likely N-dealkylation sites (N-methyl/N-ethyl adjacent to an activating group) is 1. The van der Waals surface area contributed by atoms with Crippen LogP contribution in [-0.4, -0.2) is 42.9 Å². The lowest BCUT2D eigenvalue weighted by Gasteiger charge is -2.23. The van der Waals surface area contributed by atoms with Crippen molar-refractivity contribution in [3.63, 3.8) is 0 Å². The van der Waals surface area contributed by atoms with Crippen LogP contribution in [0.5, 0.6) is 0 Å². The lowest BCUT2D eigenvalue weighted by atomic mass is 10.2. The molecule has 1 aliphatic heterocycles. The predicted octanol–water partition coefficient (Wildman–Crippen LogP) is 0.348. The number of nitrogens with zero attached hydrogens (tertiary/aromatic N) is 2. The summed E-state index contributed by atoms with van der Waals surface area (Å²) in [6.45, 7) is 0.257. The van der Waals surface area contributed by atoms with Crippen molar-refractivity contribution >= 4 is 17.5 Å². The number of amides is 2. The summed E-state index contributed by atoms with van der Waals surface area (Å²) >= 11 is 0. The largest absolute Gasteiger partial charge is 0.333 e. The Bertz CT molecular complexity index is 506. The zero-order chi connectivity index (χ0) is 14.0. The second-order valence-electron chi connectivity index (χ2n) is 4.45. The molecule has 1 atom stereocenters. The first-order valence-corrected chi connectivity index (χ1v) is 6.08. The molecule has 1 fully saturated rings. The molecule has 0 spiro atoms. The highest BCUT2D eigenvalue weighted by molar-refractivity contribution is 6.01. The number of hydrogen-bond donors (Lipinski definition) is 1. The molecule has 0 saturated carbocycles. The van der Waals surface area contributed by atoms with E-state index in [0.717, 1.165) is 0 Å². The first-order chi connectivity index (χ1) is 9.06. The van der Waals surface area contributed by atoms with Crippen molar-refractivity contribution in [2.45, 2.75) is 12.5 Å². The Morgan fingerprint density at radius 1 is 1.53 bits per heavy atom. The number of rotatable bonds is 3. The summed E-state index contributed by atoms with van der Waals surface area (Å²) in [6.07, 6.45) is 0.482. The number of hydrogen-bond acceptors (Lipinski definition) is 3. The highest BCUT2D eigenvalue weighted by Crippen LogP contribution is 2.26. The van der Waals surface area contributed by atoms with E-state index in [1.807, 2.05) is 0 Å². The van der Waals surface area contributed by atoms with Crippen molar-refractivity contribution in [2.75, 3.05) is 25.0 Å². The third kappa shape index (κ3) is 2.44. The van der Waals surface area contributed by atoms with Gasteiger partial charge in [-0.3, -0.25) is 9.59 Å². The molecule has 1 saturated heterocycles. The Labute approximate surface area is 110 Å². The fraction of sp³-hybridized carbons (Fsp3) is 0.385. The molecule has 2 N–H and O–H groups in total. The van der Waals surface area contributed by atoms with Crippen molar-refractivity contribution in [2.24, 2.45) is 5.73 Å². The van der Waals surface area contributed by atoms with Gasteiger partial charge in [0.2, 0.25) is 11.8 Å². The predicted molar refractivity (Wildman–Crippen MR) is 69.0 cm³/mol. The van der Waals surface area contributed by atoms with Crippen LogP contribution in [0.3, 0.4) is 0 Å². The van der Waals surface area contributed by atoms with Crippen molar-refractivity contribution < 1.29 is 14.0 Å². The van der Waals surface area contributed by atoms with E-state index in [1.165, 1.54) is 15.9 Å². The van der Waals surface area contributed by atoms with Crippen LogP contribution >= 0.6 is 0 Å². The fourth-order valence-electron chi connectivity index (χ4n) is 2.25. The monoisotopic (exact) mass is 265 g/mol. The molecule has 1 unspecified atom stereocenters. The van der Waals surface area contributed by atoms with Crippen LogP contribution < -0.4 is 10.6 Å². The molecular weight excluding hydrogens is 249 g/mol. The van der Waals surface area contributed by atoms with Gasteiger partial charge >= 0.3 is 0 Å². The summed E-state index contributed by atoms with van der Waals surface area (Å²) in [4.78, 5) is 26.5. The molecule has 2 rings (SSSR count). The summed E-state index contributed by atoms with van der Waals surface area (Å²) < 4.78 is 13.7. The van der Waals surface area contributed by atoms with E-state index >= 15 is 0 Å². The molecule has 1 aliphatic rings. The second kappa shape index (κ2) is 5.36. The standard InChI is InChI=1S/C13H16FN3O2/c1-16(12(18)8-15)11-6-7-17(13(11)19)10-5-3-2-4-9(10)14/h2-5,11H,6-8,15H2,1H3. The van der Waals surface area contributed by atoms with Crippen LogP contribution in [0.25, 0.3) is 0 Å². The number of benzene rings is 1. The highest BCUT2D eigenvalue weighted by atomic mass is 19.1. The van der Waals surface area contributed by atoms with Gasteiger partial charge in [-0.2, -0.15) is 0 Å². The molecule has 0 aliphatic carbocycles. The molecule has 1 heterocycles. The molecule has 6 heteroatoms. The Morgan fingerprint density at radius 3 is 2.84 bits per heavy atom. The van der Waals surface area contributed by atoms with E-state index in [0.29, 0.717) is 13.0 Å². The van der Waals surface area contributed by atoms with Gasteiger partial charge in [-0.15, -0.1) is 0 Å². The molecule has 1 aromatic carbocycles. The zero-order valence-electron chi connectivity index (χ0n) is 10.7. The van der Waals surface area contributed by atoms with E-state index in [1.54, 1.807) is 25.2 Å². The number of carbonyl (C=O) groups excluding carboxylic acids is 2. The first kappa shape index (κ1) is 13.5. The SMILES string of the molecule is CN(C(=O)CN)C1CCN(c2ccccc2F)C1=O. The van der Waals surface area contributed by atoms with Gasteiger partial charge in [-0.05, 0) is 18.6 Å². The van der Waals surface area contributed by atoms with Gasteiger partial charge in [-0.1, -0.05) is 12.1 Å². The van der Waals surface area contributed by atoms with Crippen LogP contribution in [-0.2, 0) is 9.59 Å². The average molecular weight is 265 g/mol. The molecule has 0 radical (unpaired) electrons. The van der Waals surface area contributed by atoms with Gasteiger partial charge in [0.05, 0.1) is 12.2 Å². The summed E-state index contributed by atoms with van der Waals surface area (Å²) in [7, 11) is 1.54. The van der Waals surface area contributed by atoms with Crippen LogP contribution in [0.1, 0.15) is 6.42 Å². The van der Waals surface area contributed by atoms with Crippen LogP contribution in [0.2, 0.25) is 0 Å². The normalized spacial score (nSPS) is 18.8. The number of para-hydroxylation sites is 1. The highest BCUT2D eigenvalue weighted by Gasteiger charge is 2.37. The molecule has 2 amide bonds. The maximum absolute atomic E-state index is 13.7. The smallest absolute Gasteiger partial charge is 0.249 e. The Kier molecular flexibility index (Phi) is 3.80. The topological polar surface area (TPSA) is 66.6 Å². The van der Waals surface area contributed by atoms with E-state index in [4.69, 9.17) is 5.73 Å². The van der Waals surface area contributed by atoms with E-state index in [-0.39, 0.29) is 24.0 Å². The molecular formula is C13H16FN3O2. The maximum atomic E-state index is 13.7. The van der Waals surface area contributed by atoms with Gasteiger partial charge in [0.15, 0.2) is 0 Å². The minimum atomic E-state index is -0.560. The minimum absolute atomic E-state index is 0.139. The van der Waals surface area contributed by atoms with Gasteiger partial charge in [0, 0.05) is 13.6 Å². The number of carbonyl (C=O) groups is 2. The van der Waals surface area contributed by atoms with Crippen molar-refractivity contribution in [1.82, 2.24) is 4.90 Å². The molecule has 19 heavy (non-hydrogen) atoms. The summed E-state index contributed by atoms with van der Waals surface area (Å²) in [5.41, 5.74) is 5.53. The molecule has 1 aromatic rings. The van der Waals surface area contributed by atoms with E-state index < -0.39 is 11.9 Å². The first-order valence-electron chi connectivity index (χ1n) is 6.08. The van der Waals surface area contributed by atoms with Crippen LogP contribution in [0.4, 0.5) is 10.1 Å². The van der Waals surface area contributed by atoms with Crippen molar-refractivity contribution in [3.8, 4) is 0 Å². The Morgan fingerprint density at radius 2 is 2.21 bits per heavy atom. The zero-order valence-corrected chi connectivity index (χ0v) is 10.7. The lowest BCUT2D eigenvalue weighted by Crippen LogP contribution is -2.45. The third-order valence-corrected chi connectivity index (χ3v) is 3.36. The Balaban J connectivity index is 2.19. The number of nitrogens with two attached hydrogens (primary N) is 1. The van der Waals surface area contributed by atoms with Gasteiger partial charge < -0.3 is 15.5 Å². The van der Waals surface area contributed by atoms with Gasteiger partial charge in [0.25, 0.3) is 0 Å². The lowest BCUT2D eigenvalue weighted by molar-refractivity contribution is -0.135. The number of halogens is 1. The fourth-order valence-corrected chi connectivity index (χ4v) is 2.25. The molecule has 0 bridgehead atoms. The second-order valence-corrected chi connectivity index (χ2v) is 4.45. The van der Waals surface area contributed by atoms with Crippen molar-refractivity contribution in [1.29, 1.82) is 0 Å². The summed E-state index contributed by atoms with van der Waals surface area (Å²) in [5.74, 6) is -1.01. The maximum Gasteiger partial charge on any atom is 0.249 e. The molecule has 0 aromatic heterocycles. The quantitative estimate of drug-likeness (QED) is 0.857. The molecule has 5 nitrogen and oxygen atoms in total. The minimum Gasteiger partial charge on any atom is -0.333 e. The van der Waals surface area contributed by atoms with Gasteiger partial charge in [0.1, 0.15) is 11.9 Å². The Hall–Kier alpha value is -1.95. The summed E-state index contributed by atoms with van der Waals surface area (Å²) in [6, 6.07) is 5.55. The van der Waals surface area contributed by atoms with Crippen molar-refractivity contribution in [3.05, 3.63) is 30.1 Å². The van der Waals surface area contributed by atoms with E-state index in [9.17, 15) is 14.0 Å². The van der Waals surface area contributed by atoms with Crippen LogP contribution in [0, 0.1) is 5.82 Å². The van der Waals surface area contributed by atoms with E-state index in [2.05, 4.69) is 0 Å². The average Bonchev–Trinajstić information content (AvgIpc) is 2.79. The van der Waals surface area contributed by atoms with Crippen LogP contribution in [0.15, 0.2) is 24.3 Å².